The molecular weight excluding hydrogens is 510 g/mol. The molecule has 2 atom stereocenters. The number of oxazole rings is 1. The molecule has 2 aliphatic rings. The molecule has 2 fully saturated rings. The number of nitrogens with two attached hydrogens (primary N) is 2. The Kier molecular flexibility index (Phi) is 10.2. The quantitative estimate of drug-likeness (QED) is 0.228. The number of ketones is 2. The molecular formula is C29H39N7O4. The smallest absolute Gasteiger partial charge is 0.217 e. The van der Waals surface area contributed by atoms with E-state index >= 15 is 0 Å². The second-order valence-corrected chi connectivity index (χ2v) is 10.3. The molecule has 1 aliphatic carbocycles. The average molecular weight is 550 g/mol. The maximum Gasteiger partial charge on any atom is 0.217 e. The highest BCUT2D eigenvalue weighted by Gasteiger charge is 2.32. The van der Waals surface area contributed by atoms with E-state index in [2.05, 4.69) is 31.9 Å². The molecule has 11 nitrogen and oxygen atoms in total. The Morgan fingerprint density at radius 2 is 2.10 bits per heavy atom. The summed E-state index contributed by atoms with van der Waals surface area (Å²) in [6.07, 6.45) is 12.1. The van der Waals surface area contributed by atoms with Crippen LogP contribution < -0.4 is 16.2 Å². The summed E-state index contributed by atoms with van der Waals surface area (Å²) in [5, 5.41) is 0. The predicted molar refractivity (Wildman–Crippen MR) is 152 cm³/mol. The normalized spacial score (nSPS) is 21.1. The van der Waals surface area contributed by atoms with Gasteiger partial charge in [-0.15, -0.1) is 0 Å². The Bertz CT molecular complexity index is 1270. The fourth-order valence-electron chi connectivity index (χ4n) is 5.07. The summed E-state index contributed by atoms with van der Waals surface area (Å²) in [5.74, 6) is 0.0513. The molecule has 0 aromatic carbocycles. The summed E-state index contributed by atoms with van der Waals surface area (Å²) in [4.78, 5) is 45.8. The van der Waals surface area contributed by atoms with Crippen molar-refractivity contribution in [3.63, 3.8) is 0 Å². The van der Waals surface area contributed by atoms with Crippen LogP contribution in [0.15, 0.2) is 39.6 Å². The van der Waals surface area contributed by atoms with Gasteiger partial charge >= 0.3 is 0 Å². The lowest BCUT2D eigenvalue weighted by molar-refractivity contribution is -0.132. The molecule has 0 bridgehead atoms. The van der Waals surface area contributed by atoms with Crippen molar-refractivity contribution in [2.45, 2.75) is 70.9 Å². The van der Waals surface area contributed by atoms with Crippen LogP contribution in [0.4, 0.5) is 0 Å². The van der Waals surface area contributed by atoms with Crippen molar-refractivity contribution in [2.75, 3.05) is 20.2 Å². The number of Topliss-reactive ketones (excluding diaryl/α,β-unsaturated/α-hetero) is 2. The maximum atomic E-state index is 13.5. The number of ether oxygens (including phenoxy) is 1. The molecule has 214 valence electrons. The Morgan fingerprint density at radius 3 is 2.80 bits per heavy atom. The standard InChI is InChI=1S/C29H39N7O4/c1-3-7-21(28(38)20-9-4-5-10-24(20)37)27(31)29-34-23(22(30)11-12-32-17-26-33-13-15-39-26)16-25(35-29)40-18-19-8-6-14-36(19)2/h11-13,15-16,19-20H,3-10,14,17-18,30-31H2,1-2H3/b22-11-,27-21-,32-12?/t19?,20-/m0/s1. The van der Waals surface area contributed by atoms with Crippen LogP contribution in [-0.4, -0.2) is 63.9 Å². The molecule has 3 heterocycles. The molecule has 40 heavy (non-hydrogen) atoms. The zero-order valence-corrected chi connectivity index (χ0v) is 23.3. The number of carbonyl (C=O) groups is 2. The number of likely N-dealkylation sites (N-methyl/N-ethyl adjacent to an activating group) is 1. The number of nitrogens with zero attached hydrogens (tertiary/aromatic N) is 5. The second kappa shape index (κ2) is 14.0. The first kappa shape index (κ1) is 29.1. The van der Waals surface area contributed by atoms with Gasteiger partial charge in [-0.25, -0.2) is 9.97 Å². The maximum absolute atomic E-state index is 13.5. The molecule has 1 unspecified atom stereocenters. The summed E-state index contributed by atoms with van der Waals surface area (Å²) in [6, 6.07) is 1.94. The van der Waals surface area contributed by atoms with Crippen molar-refractivity contribution in [3.8, 4) is 5.88 Å². The lowest BCUT2D eigenvalue weighted by Crippen LogP contribution is -2.31. The second-order valence-electron chi connectivity index (χ2n) is 10.3. The summed E-state index contributed by atoms with van der Waals surface area (Å²) >= 11 is 0. The fourth-order valence-corrected chi connectivity index (χ4v) is 5.07. The zero-order chi connectivity index (χ0) is 28.5. The molecule has 4 rings (SSSR count). The third-order valence-electron chi connectivity index (χ3n) is 7.40. The number of allylic oxidation sites excluding steroid dienone is 2. The minimum Gasteiger partial charge on any atom is -0.476 e. The molecule has 11 heteroatoms. The van der Waals surface area contributed by atoms with E-state index in [1.165, 1.54) is 6.26 Å². The molecule has 0 radical (unpaired) electrons. The highest BCUT2D eigenvalue weighted by atomic mass is 16.5. The van der Waals surface area contributed by atoms with E-state index < -0.39 is 5.92 Å². The van der Waals surface area contributed by atoms with Gasteiger partial charge in [0.05, 0.1) is 29.2 Å². The summed E-state index contributed by atoms with van der Waals surface area (Å²) in [7, 11) is 2.08. The van der Waals surface area contributed by atoms with Crippen molar-refractivity contribution < 1.29 is 18.7 Å². The van der Waals surface area contributed by atoms with Crippen LogP contribution in [-0.2, 0) is 16.1 Å². The van der Waals surface area contributed by atoms with Gasteiger partial charge in [0.1, 0.15) is 25.2 Å². The van der Waals surface area contributed by atoms with E-state index in [-0.39, 0.29) is 35.7 Å². The molecule has 1 saturated carbocycles. The summed E-state index contributed by atoms with van der Waals surface area (Å²) in [5.41, 5.74) is 14.2. The summed E-state index contributed by atoms with van der Waals surface area (Å²) in [6.45, 7) is 3.71. The van der Waals surface area contributed by atoms with E-state index in [0.29, 0.717) is 61.0 Å². The van der Waals surface area contributed by atoms with Crippen molar-refractivity contribution >= 4 is 29.2 Å². The van der Waals surface area contributed by atoms with Gasteiger partial charge in [-0.1, -0.05) is 19.8 Å². The van der Waals surface area contributed by atoms with Crippen LogP contribution in [0, 0.1) is 5.92 Å². The number of hydrogen-bond donors (Lipinski definition) is 2. The molecule has 1 saturated heterocycles. The van der Waals surface area contributed by atoms with Crippen LogP contribution in [0.1, 0.15) is 75.7 Å². The van der Waals surface area contributed by atoms with E-state index in [1.807, 2.05) is 6.92 Å². The molecule has 2 aromatic rings. The van der Waals surface area contributed by atoms with Gasteiger partial charge in [0.15, 0.2) is 11.6 Å². The SMILES string of the molecule is CCC/C(C(=O)[C@H]1CCCCC1=O)=C(/N)c1nc(OCC2CCCN2C)cc(/C(N)=C/C=NCc2ncco2)n1. The highest BCUT2D eigenvalue weighted by Crippen LogP contribution is 2.28. The van der Waals surface area contributed by atoms with Crippen LogP contribution in [0.2, 0.25) is 0 Å². The number of hydrogen-bond acceptors (Lipinski definition) is 11. The topological polar surface area (TPSA) is 163 Å². The van der Waals surface area contributed by atoms with Crippen LogP contribution in [0.3, 0.4) is 0 Å². The largest absolute Gasteiger partial charge is 0.476 e. The van der Waals surface area contributed by atoms with Gasteiger partial charge in [-0.2, -0.15) is 4.98 Å². The highest BCUT2D eigenvalue weighted by molar-refractivity contribution is 6.13. The molecule has 2 aromatic heterocycles. The monoisotopic (exact) mass is 549 g/mol. The number of aliphatic imine (C=N–C) groups is 1. The Hall–Kier alpha value is -3.86. The van der Waals surface area contributed by atoms with Gasteiger partial charge in [-0.05, 0) is 51.8 Å². The van der Waals surface area contributed by atoms with Crippen molar-refractivity contribution in [1.29, 1.82) is 0 Å². The molecule has 4 N–H and O–H groups in total. The lowest BCUT2D eigenvalue weighted by atomic mass is 9.81. The first-order valence-electron chi connectivity index (χ1n) is 14.0. The number of rotatable bonds is 12. The first-order valence-corrected chi connectivity index (χ1v) is 14.0. The number of likely N-dealkylation sites (tertiary alicyclic amines) is 1. The molecule has 0 spiro atoms. The Labute approximate surface area is 234 Å². The minimum atomic E-state index is -0.657. The number of carbonyl (C=O) groups excluding carboxylic acids is 2. The zero-order valence-electron chi connectivity index (χ0n) is 23.3. The van der Waals surface area contributed by atoms with E-state index in [1.54, 1.807) is 24.6 Å². The first-order chi connectivity index (χ1) is 19.4. The van der Waals surface area contributed by atoms with E-state index in [0.717, 1.165) is 32.2 Å². The van der Waals surface area contributed by atoms with Gasteiger partial charge < -0.3 is 25.5 Å². The third kappa shape index (κ3) is 7.41. The fraction of sp³-hybridized carbons (Fsp3) is 0.517. The van der Waals surface area contributed by atoms with Gasteiger partial charge in [0.2, 0.25) is 11.8 Å². The molecule has 1 aliphatic heterocycles. The van der Waals surface area contributed by atoms with Crippen molar-refractivity contribution in [2.24, 2.45) is 22.4 Å². The Balaban J connectivity index is 1.65. The van der Waals surface area contributed by atoms with Gasteiger partial charge in [0.25, 0.3) is 0 Å². The molecule has 0 amide bonds. The van der Waals surface area contributed by atoms with Gasteiger partial charge in [0, 0.05) is 30.3 Å². The van der Waals surface area contributed by atoms with Crippen molar-refractivity contribution in [1.82, 2.24) is 19.9 Å². The Morgan fingerprint density at radius 1 is 1.25 bits per heavy atom. The van der Waals surface area contributed by atoms with E-state index in [4.69, 9.17) is 20.6 Å². The van der Waals surface area contributed by atoms with Gasteiger partial charge in [-0.3, -0.25) is 14.6 Å². The third-order valence-corrected chi connectivity index (χ3v) is 7.40. The van der Waals surface area contributed by atoms with Crippen molar-refractivity contribution in [3.05, 3.63) is 47.6 Å². The van der Waals surface area contributed by atoms with E-state index in [9.17, 15) is 9.59 Å². The van der Waals surface area contributed by atoms with Crippen LogP contribution in [0.5, 0.6) is 5.88 Å². The van der Waals surface area contributed by atoms with Crippen LogP contribution in [0.25, 0.3) is 11.4 Å². The number of aromatic nitrogens is 3. The summed E-state index contributed by atoms with van der Waals surface area (Å²) < 4.78 is 11.3. The lowest BCUT2D eigenvalue weighted by Gasteiger charge is -2.22. The predicted octanol–water partition coefficient (Wildman–Crippen LogP) is 3.31. The van der Waals surface area contributed by atoms with Crippen LogP contribution >= 0.6 is 0 Å². The average Bonchev–Trinajstić information content (AvgIpc) is 3.63. The minimum absolute atomic E-state index is 0.0201.